The lowest BCUT2D eigenvalue weighted by Crippen LogP contribution is -2.35. The van der Waals surface area contributed by atoms with Crippen molar-refractivity contribution < 1.29 is 9.59 Å². The summed E-state index contributed by atoms with van der Waals surface area (Å²) in [6.07, 6.45) is 11.1. The molecule has 2 aliphatic carbocycles. The predicted molar refractivity (Wildman–Crippen MR) is 95.0 cm³/mol. The van der Waals surface area contributed by atoms with E-state index in [2.05, 4.69) is 10.6 Å². The summed E-state index contributed by atoms with van der Waals surface area (Å²) in [4.78, 5) is 26.0. The van der Waals surface area contributed by atoms with Gasteiger partial charge in [0.1, 0.15) is 0 Å². The first-order valence-electron chi connectivity index (χ1n) is 8.52. The normalized spacial score (nSPS) is 24.0. The molecule has 6 heteroatoms. The zero-order chi connectivity index (χ0) is 17.5. The molecular formula is C18H28N4O2. The van der Waals surface area contributed by atoms with E-state index in [0.717, 1.165) is 37.1 Å². The molecule has 2 unspecified atom stereocenters. The van der Waals surface area contributed by atoms with Gasteiger partial charge in [0.2, 0.25) is 11.8 Å². The number of carbonyl (C=O) groups is 2. The molecule has 1 fully saturated rings. The van der Waals surface area contributed by atoms with Crippen molar-refractivity contribution in [1.82, 2.24) is 15.5 Å². The fourth-order valence-electron chi connectivity index (χ4n) is 2.93. The smallest absolute Gasteiger partial charge is 0.247 e. The van der Waals surface area contributed by atoms with Crippen molar-refractivity contribution in [3.63, 3.8) is 0 Å². The first-order valence-corrected chi connectivity index (χ1v) is 8.52. The molecule has 6 nitrogen and oxygen atoms in total. The first-order chi connectivity index (χ1) is 11.4. The van der Waals surface area contributed by atoms with Crippen LogP contribution >= 0.6 is 0 Å². The van der Waals surface area contributed by atoms with Crippen LogP contribution in [0.25, 0.3) is 0 Å². The molecule has 0 aromatic rings. The number of hydrogen-bond donors (Lipinski definition) is 3. The summed E-state index contributed by atoms with van der Waals surface area (Å²) in [6, 6.07) is 0.401. The summed E-state index contributed by atoms with van der Waals surface area (Å²) in [7, 11) is 3.89. The molecule has 2 atom stereocenters. The van der Waals surface area contributed by atoms with Crippen molar-refractivity contribution >= 4 is 11.8 Å². The van der Waals surface area contributed by atoms with E-state index in [1.165, 1.54) is 6.08 Å². The van der Waals surface area contributed by atoms with Gasteiger partial charge in [-0.05, 0) is 52.3 Å². The quantitative estimate of drug-likeness (QED) is 0.629. The molecule has 132 valence electrons. The molecule has 1 saturated carbocycles. The molecule has 0 spiro atoms. The molecule has 0 aromatic heterocycles. The van der Waals surface area contributed by atoms with Crippen molar-refractivity contribution in [2.24, 2.45) is 5.73 Å². The SMILES string of the molecule is CN(C)CC=CC(=O)NC1=CC=C(C(=O)NC2CCC(N)C2)CC1. The summed E-state index contributed by atoms with van der Waals surface area (Å²) >= 11 is 0. The largest absolute Gasteiger partial charge is 0.350 e. The Morgan fingerprint density at radius 2 is 2.08 bits per heavy atom. The minimum absolute atomic E-state index is 0.0124. The van der Waals surface area contributed by atoms with Crippen molar-refractivity contribution in [2.75, 3.05) is 20.6 Å². The maximum Gasteiger partial charge on any atom is 0.247 e. The van der Waals surface area contributed by atoms with E-state index in [9.17, 15) is 9.59 Å². The topological polar surface area (TPSA) is 87.5 Å². The number of carbonyl (C=O) groups excluding carboxylic acids is 2. The van der Waals surface area contributed by atoms with Crippen LogP contribution in [-0.2, 0) is 9.59 Å². The van der Waals surface area contributed by atoms with Gasteiger partial charge in [-0.3, -0.25) is 9.59 Å². The van der Waals surface area contributed by atoms with E-state index in [4.69, 9.17) is 5.73 Å². The highest BCUT2D eigenvalue weighted by Gasteiger charge is 2.24. The number of rotatable bonds is 6. The summed E-state index contributed by atoms with van der Waals surface area (Å²) in [5.74, 6) is -0.147. The molecule has 0 heterocycles. The van der Waals surface area contributed by atoms with Crippen LogP contribution in [0.3, 0.4) is 0 Å². The minimum Gasteiger partial charge on any atom is -0.350 e. The average molecular weight is 332 g/mol. The number of nitrogens with one attached hydrogen (secondary N) is 2. The fraction of sp³-hybridized carbons (Fsp3) is 0.556. The van der Waals surface area contributed by atoms with E-state index in [1.807, 2.05) is 31.1 Å². The maximum atomic E-state index is 12.2. The van der Waals surface area contributed by atoms with Crippen molar-refractivity contribution in [3.05, 3.63) is 35.6 Å². The molecule has 0 aromatic carbocycles. The number of likely N-dealkylation sites (N-methyl/N-ethyl adjacent to an activating group) is 1. The Morgan fingerprint density at radius 3 is 2.67 bits per heavy atom. The van der Waals surface area contributed by atoms with Crippen LogP contribution in [-0.4, -0.2) is 49.4 Å². The lowest BCUT2D eigenvalue weighted by molar-refractivity contribution is -0.118. The van der Waals surface area contributed by atoms with Crippen LogP contribution in [0.1, 0.15) is 32.1 Å². The monoisotopic (exact) mass is 332 g/mol. The van der Waals surface area contributed by atoms with Gasteiger partial charge >= 0.3 is 0 Å². The van der Waals surface area contributed by atoms with Crippen molar-refractivity contribution in [2.45, 2.75) is 44.2 Å². The zero-order valence-electron chi connectivity index (χ0n) is 14.5. The second-order valence-electron chi connectivity index (χ2n) is 6.78. The van der Waals surface area contributed by atoms with Crippen LogP contribution in [0.4, 0.5) is 0 Å². The second kappa shape index (κ2) is 8.80. The molecule has 0 saturated heterocycles. The summed E-state index contributed by atoms with van der Waals surface area (Å²) in [5, 5.41) is 5.91. The number of hydrogen-bond acceptors (Lipinski definition) is 4. The van der Waals surface area contributed by atoms with E-state index < -0.39 is 0 Å². The molecule has 2 aliphatic rings. The average Bonchev–Trinajstić information content (AvgIpc) is 2.92. The number of allylic oxidation sites excluding steroid dienone is 3. The Kier molecular flexibility index (Phi) is 6.75. The molecule has 4 N–H and O–H groups in total. The number of nitrogens with two attached hydrogens (primary N) is 1. The van der Waals surface area contributed by atoms with Crippen LogP contribution in [0.15, 0.2) is 35.6 Å². The lowest BCUT2D eigenvalue weighted by atomic mass is 10.0. The maximum absolute atomic E-state index is 12.2. The molecule has 0 aliphatic heterocycles. The Bertz CT molecular complexity index is 563. The first kappa shape index (κ1) is 18.4. The van der Waals surface area contributed by atoms with E-state index >= 15 is 0 Å². The van der Waals surface area contributed by atoms with Gasteiger partial charge in [0.25, 0.3) is 0 Å². The van der Waals surface area contributed by atoms with Crippen LogP contribution < -0.4 is 16.4 Å². The van der Waals surface area contributed by atoms with Gasteiger partial charge in [0.05, 0.1) is 0 Å². The third-order valence-electron chi connectivity index (χ3n) is 4.27. The molecule has 24 heavy (non-hydrogen) atoms. The van der Waals surface area contributed by atoms with E-state index in [-0.39, 0.29) is 23.9 Å². The summed E-state index contributed by atoms with van der Waals surface area (Å²) in [5.41, 5.74) is 7.47. The van der Waals surface area contributed by atoms with Gasteiger partial charge in [0, 0.05) is 36.0 Å². The highest BCUT2D eigenvalue weighted by Crippen LogP contribution is 2.20. The van der Waals surface area contributed by atoms with Gasteiger partial charge in [-0.25, -0.2) is 0 Å². The predicted octanol–water partition coefficient (Wildman–Crippen LogP) is 0.821. The molecular weight excluding hydrogens is 304 g/mol. The third-order valence-corrected chi connectivity index (χ3v) is 4.27. The standard InChI is InChI=1S/C18H28N4O2/c1-22(2)11-3-4-17(23)20-15-8-5-13(6-9-15)18(24)21-16-10-7-14(19)12-16/h3-5,8,14,16H,6-7,9-12,19H2,1-2H3,(H,20,23)(H,21,24). The van der Waals surface area contributed by atoms with Crippen molar-refractivity contribution in [1.29, 1.82) is 0 Å². The lowest BCUT2D eigenvalue weighted by Gasteiger charge is -2.17. The zero-order valence-corrected chi connectivity index (χ0v) is 14.5. The van der Waals surface area contributed by atoms with Crippen LogP contribution in [0.2, 0.25) is 0 Å². The third kappa shape index (κ3) is 5.94. The van der Waals surface area contributed by atoms with Crippen LogP contribution in [0.5, 0.6) is 0 Å². The Balaban J connectivity index is 1.81. The molecule has 0 radical (unpaired) electrons. The Hall–Kier alpha value is -1.92. The minimum atomic E-state index is -0.135. The highest BCUT2D eigenvalue weighted by molar-refractivity contribution is 5.94. The van der Waals surface area contributed by atoms with Gasteiger partial charge < -0.3 is 21.3 Å². The van der Waals surface area contributed by atoms with E-state index in [1.54, 1.807) is 6.08 Å². The molecule has 2 amide bonds. The summed E-state index contributed by atoms with van der Waals surface area (Å²) < 4.78 is 0. The van der Waals surface area contributed by atoms with Gasteiger partial charge in [0.15, 0.2) is 0 Å². The summed E-state index contributed by atoms with van der Waals surface area (Å²) in [6.45, 7) is 0.724. The van der Waals surface area contributed by atoms with Gasteiger partial charge in [-0.2, -0.15) is 0 Å². The molecule has 0 bridgehead atoms. The van der Waals surface area contributed by atoms with E-state index in [0.29, 0.717) is 12.8 Å². The fourth-order valence-corrected chi connectivity index (χ4v) is 2.93. The second-order valence-corrected chi connectivity index (χ2v) is 6.78. The number of amides is 2. The Morgan fingerprint density at radius 1 is 1.29 bits per heavy atom. The number of nitrogens with zero attached hydrogens (tertiary/aromatic N) is 1. The van der Waals surface area contributed by atoms with Crippen molar-refractivity contribution in [3.8, 4) is 0 Å². The Labute approximate surface area is 143 Å². The van der Waals surface area contributed by atoms with Gasteiger partial charge in [-0.15, -0.1) is 0 Å². The van der Waals surface area contributed by atoms with Crippen LogP contribution in [0, 0.1) is 0 Å². The van der Waals surface area contributed by atoms with Gasteiger partial charge in [-0.1, -0.05) is 12.2 Å². The molecule has 2 rings (SSSR count). The highest BCUT2D eigenvalue weighted by atomic mass is 16.2.